The highest BCUT2D eigenvalue weighted by Crippen LogP contribution is 2.35. The van der Waals surface area contributed by atoms with Crippen LogP contribution in [0, 0.1) is 6.92 Å². The molecule has 3 rings (SSSR count). The number of aryl methyl sites for hydroxylation is 1. The van der Waals surface area contributed by atoms with Gasteiger partial charge in [0.2, 0.25) is 15.9 Å². The van der Waals surface area contributed by atoms with Gasteiger partial charge in [-0.15, -0.1) is 0 Å². The molecule has 5 nitrogen and oxygen atoms in total. The van der Waals surface area contributed by atoms with E-state index in [2.05, 4.69) is 5.32 Å². The van der Waals surface area contributed by atoms with Crippen molar-refractivity contribution in [3.63, 3.8) is 0 Å². The maximum Gasteiger partial charge on any atom is 0.243 e. The Kier molecular flexibility index (Phi) is 5.97. The van der Waals surface area contributed by atoms with E-state index in [4.69, 9.17) is 0 Å². The molecule has 1 amide bonds. The van der Waals surface area contributed by atoms with Crippen molar-refractivity contribution in [2.24, 2.45) is 0 Å². The van der Waals surface area contributed by atoms with Crippen molar-refractivity contribution < 1.29 is 13.2 Å². The van der Waals surface area contributed by atoms with Crippen LogP contribution in [0.4, 0.5) is 5.69 Å². The van der Waals surface area contributed by atoms with Gasteiger partial charge in [-0.2, -0.15) is 4.31 Å². The van der Waals surface area contributed by atoms with E-state index < -0.39 is 10.0 Å². The second-order valence-electron chi connectivity index (χ2n) is 7.10. The number of nitrogens with one attached hydrogen (secondary N) is 1. The van der Waals surface area contributed by atoms with E-state index in [-0.39, 0.29) is 16.8 Å². The molecule has 0 spiro atoms. The van der Waals surface area contributed by atoms with Crippen LogP contribution in [0.3, 0.4) is 0 Å². The lowest BCUT2D eigenvalue weighted by atomic mass is 10.0. The predicted octanol–water partition coefficient (Wildman–Crippen LogP) is 4.26. The second kappa shape index (κ2) is 8.23. The molecule has 27 heavy (non-hydrogen) atoms. The lowest BCUT2D eigenvalue weighted by Gasteiger charge is -2.29. The Morgan fingerprint density at radius 2 is 1.67 bits per heavy atom. The van der Waals surface area contributed by atoms with Gasteiger partial charge in [0.1, 0.15) is 0 Å². The van der Waals surface area contributed by atoms with Gasteiger partial charge < -0.3 is 5.32 Å². The maximum absolute atomic E-state index is 13.4. The first-order chi connectivity index (χ1) is 12.9. The van der Waals surface area contributed by atoms with Gasteiger partial charge in [-0.3, -0.25) is 4.79 Å². The number of sulfonamides is 1. The summed E-state index contributed by atoms with van der Waals surface area (Å²) in [6.45, 7) is 3.98. The molecular formula is C21H26N2O3S. The first-order valence-electron chi connectivity index (χ1n) is 9.34. The highest BCUT2D eigenvalue weighted by molar-refractivity contribution is 7.89. The lowest BCUT2D eigenvalue weighted by molar-refractivity contribution is -0.114. The van der Waals surface area contributed by atoms with Crippen molar-refractivity contribution in [1.29, 1.82) is 0 Å². The maximum atomic E-state index is 13.4. The average molecular weight is 387 g/mol. The molecule has 144 valence electrons. The molecule has 1 saturated heterocycles. The van der Waals surface area contributed by atoms with Crippen LogP contribution in [-0.4, -0.2) is 25.2 Å². The molecular weight excluding hydrogens is 360 g/mol. The first-order valence-corrected chi connectivity index (χ1v) is 10.8. The molecule has 2 aromatic carbocycles. The molecule has 0 aliphatic carbocycles. The Morgan fingerprint density at radius 3 is 2.30 bits per heavy atom. The first kappa shape index (κ1) is 19.6. The molecule has 1 aliphatic rings. The van der Waals surface area contributed by atoms with Gasteiger partial charge in [0.05, 0.1) is 10.9 Å². The fraction of sp³-hybridized carbons (Fsp3) is 0.381. The number of carbonyl (C=O) groups is 1. The molecule has 1 heterocycles. The van der Waals surface area contributed by atoms with Gasteiger partial charge in [0.15, 0.2) is 0 Å². The quantitative estimate of drug-likeness (QED) is 0.854. The van der Waals surface area contributed by atoms with Gasteiger partial charge in [0.25, 0.3) is 0 Å². The van der Waals surface area contributed by atoms with Crippen molar-refractivity contribution in [3.05, 3.63) is 59.7 Å². The highest BCUT2D eigenvalue weighted by atomic mass is 32.2. The number of anilines is 1. The third kappa shape index (κ3) is 4.57. The van der Waals surface area contributed by atoms with Crippen molar-refractivity contribution in [1.82, 2.24) is 4.31 Å². The average Bonchev–Trinajstić information content (AvgIpc) is 2.89. The number of hydrogen-bond donors (Lipinski definition) is 1. The van der Waals surface area contributed by atoms with E-state index in [1.165, 1.54) is 6.92 Å². The lowest BCUT2D eigenvalue weighted by Crippen LogP contribution is -2.34. The molecule has 6 heteroatoms. The van der Waals surface area contributed by atoms with Crippen LogP contribution >= 0.6 is 0 Å². The SMILES string of the molecule is CC(=O)Nc1ccc(S(=O)(=O)N2CCCCCC2c2ccc(C)cc2)cc1. The van der Waals surface area contributed by atoms with Gasteiger partial charge >= 0.3 is 0 Å². The molecule has 1 N–H and O–H groups in total. The Labute approximate surface area is 161 Å². The molecule has 1 atom stereocenters. The largest absolute Gasteiger partial charge is 0.326 e. The summed E-state index contributed by atoms with van der Waals surface area (Å²) >= 11 is 0. The monoisotopic (exact) mass is 386 g/mol. The van der Waals surface area contributed by atoms with Crippen LogP contribution in [0.15, 0.2) is 53.4 Å². The molecule has 1 aliphatic heterocycles. The number of benzene rings is 2. The van der Waals surface area contributed by atoms with Crippen molar-refractivity contribution in [3.8, 4) is 0 Å². The highest BCUT2D eigenvalue weighted by Gasteiger charge is 2.33. The summed E-state index contributed by atoms with van der Waals surface area (Å²) in [5, 5.41) is 2.67. The van der Waals surface area contributed by atoms with E-state index in [1.807, 2.05) is 31.2 Å². The number of carbonyl (C=O) groups excluding carboxylic acids is 1. The fourth-order valence-electron chi connectivity index (χ4n) is 3.54. The topological polar surface area (TPSA) is 66.5 Å². The minimum absolute atomic E-state index is 0.145. The zero-order valence-corrected chi connectivity index (χ0v) is 16.6. The van der Waals surface area contributed by atoms with Gasteiger partial charge in [-0.1, -0.05) is 42.7 Å². The number of amides is 1. The van der Waals surface area contributed by atoms with E-state index >= 15 is 0 Å². The summed E-state index contributed by atoms with van der Waals surface area (Å²) in [5.41, 5.74) is 2.80. The van der Waals surface area contributed by atoms with Crippen LogP contribution in [0.1, 0.15) is 49.8 Å². The summed E-state index contributed by atoms with van der Waals surface area (Å²) in [7, 11) is -3.62. The van der Waals surface area contributed by atoms with Gasteiger partial charge in [0, 0.05) is 19.2 Å². The minimum atomic E-state index is -3.62. The van der Waals surface area contributed by atoms with E-state index in [0.717, 1.165) is 36.8 Å². The zero-order valence-electron chi connectivity index (χ0n) is 15.8. The molecule has 0 bridgehead atoms. The van der Waals surface area contributed by atoms with Crippen LogP contribution in [0.25, 0.3) is 0 Å². The van der Waals surface area contributed by atoms with E-state index in [0.29, 0.717) is 12.2 Å². The number of nitrogens with zero attached hydrogens (tertiary/aromatic N) is 1. The Balaban J connectivity index is 1.93. The molecule has 2 aromatic rings. The minimum Gasteiger partial charge on any atom is -0.326 e. The molecule has 0 saturated carbocycles. The van der Waals surface area contributed by atoms with Crippen LogP contribution in [0.2, 0.25) is 0 Å². The standard InChI is InChI=1S/C21H26N2O3S/c1-16-7-9-18(10-8-16)21-6-4-3-5-15-23(21)27(25,26)20-13-11-19(12-14-20)22-17(2)24/h7-14,21H,3-6,15H2,1-2H3,(H,22,24). The van der Waals surface area contributed by atoms with E-state index in [9.17, 15) is 13.2 Å². The summed E-state index contributed by atoms with van der Waals surface area (Å²) in [6.07, 6.45) is 3.75. The summed E-state index contributed by atoms with van der Waals surface area (Å²) in [6, 6.07) is 14.4. The second-order valence-corrected chi connectivity index (χ2v) is 8.99. The van der Waals surface area contributed by atoms with Crippen molar-refractivity contribution in [2.75, 3.05) is 11.9 Å². The van der Waals surface area contributed by atoms with E-state index in [1.54, 1.807) is 28.6 Å². The molecule has 0 aromatic heterocycles. The Bertz CT molecular complexity index is 890. The van der Waals surface area contributed by atoms with Crippen molar-refractivity contribution in [2.45, 2.75) is 50.5 Å². The Morgan fingerprint density at radius 1 is 1.00 bits per heavy atom. The molecule has 1 fully saturated rings. The fourth-order valence-corrected chi connectivity index (χ4v) is 5.22. The summed E-state index contributed by atoms with van der Waals surface area (Å²) < 4.78 is 28.4. The third-order valence-corrected chi connectivity index (χ3v) is 6.87. The van der Waals surface area contributed by atoms with Gasteiger partial charge in [-0.05, 0) is 49.6 Å². The normalized spacial score (nSPS) is 18.7. The summed E-state index contributed by atoms with van der Waals surface area (Å²) in [5.74, 6) is -0.183. The van der Waals surface area contributed by atoms with Crippen LogP contribution in [0.5, 0.6) is 0 Å². The molecule has 0 radical (unpaired) electrons. The predicted molar refractivity (Wildman–Crippen MR) is 107 cm³/mol. The van der Waals surface area contributed by atoms with Crippen molar-refractivity contribution >= 4 is 21.6 Å². The number of hydrogen-bond acceptors (Lipinski definition) is 3. The third-order valence-electron chi connectivity index (χ3n) is 4.95. The Hall–Kier alpha value is -2.18. The smallest absolute Gasteiger partial charge is 0.243 e. The molecule has 1 unspecified atom stereocenters. The zero-order chi connectivity index (χ0) is 19.4. The van der Waals surface area contributed by atoms with Crippen LogP contribution < -0.4 is 5.32 Å². The van der Waals surface area contributed by atoms with Gasteiger partial charge in [-0.25, -0.2) is 8.42 Å². The summed E-state index contributed by atoms with van der Waals surface area (Å²) in [4.78, 5) is 11.4. The number of rotatable bonds is 4. The van der Waals surface area contributed by atoms with Crippen LogP contribution in [-0.2, 0) is 14.8 Å².